The van der Waals surface area contributed by atoms with Gasteiger partial charge >= 0.3 is 5.97 Å². The number of benzene rings is 1. The Hall–Kier alpha value is -1.51. The fourth-order valence-electron chi connectivity index (χ4n) is 1.45. The number of carbonyl (C=O) groups is 1. The largest absolute Gasteiger partial charge is 0.478 e. The van der Waals surface area contributed by atoms with Crippen LogP contribution < -0.4 is 5.32 Å². The van der Waals surface area contributed by atoms with Crippen LogP contribution in [0.3, 0.4) is 0 Å². The molecule has 0 bridgehead atoms. The predicted molar refractivity (Wildman–Crippen MR) is 70.7 cm³/mol. The van der Waals surface area contributed by atoms with E-state index in [0.29, 0.717) is 5.56 Å². The molecule has 2 N–H and O–H groups in total. The number of carboxylic acids is 1. The molecule has 1 aromatic carbocycles. The van der Waals surface area contributed by atoms with E-state index in [-0.39, 0.29) is 5.41 Å². The normalized spacial score (nSPS) is 11.3. The van der Waals surface area contributed by atoms with Gasteiger partial charge in [0.2, 0.25) is 0 Å². The van der Waals surface area contributed by atoms with Crippen LogP contribution in [-0.4, -0.2) is 17.6 Å². The third-order valence-corrected chi connectivity index (χ3v) is 3.19. The van der Waals surface area contributed by atoms with Gasteiger partial charge in [-0.1, -0.05) is 20.8 Å². The van der Waals surface area contributed by atoms with Gasteiger partial charge in [-0.2, -0.15) is 0 Å². The molecule has 0 amide bonds. The molecule has 0 atom stereocenters. The number of aryl methyl sites for hydroxylation is 1. The van der Waals surface area contributed by atoms with Gasteiger partial charge < -0.3 is 10.4 Å². The average molecular weight is 235 g/mol. The van der Waals surface area contributed by atoms with Crippen molar-refractivity contribution >= 4 is 11.7 Å². The lowest BCUT2D eigenvalue weighted by molar-refractivity contribution is 0.0697. The molecule has 0 aliphatic rings. The summed E-state index contributed by atoms with van der Waals surface area (Å²) in [5.41, 5.74) is 2.56. The highest BCUT2D eigenvalue weighted by atomic mass is 16.4. The van der Waals surface area contributed by atoms with Crippen LogP contribution >= 0.6 is 0 Å². The minimum absolute atomic E-state index is 0.248. The maximum absolute atomic E-state index is 10.8. The number of hydrogen-bond donors (Lipinski definition) is 2. The first-order valence-corrected chi connectivity index (χ1v) is 5.93. The van der Waals surface area contributed by atoms with Crippen molar-refractivity contribution in [2.45, 2.75) is 34.1 Å². The fraction of sp³-hybridized carbons (Fsp3) is 0.500. The average Bonchev–Trinajstić information content (AvgIpc) is 2.27. The van der Waals surface area contributed by atoms with Crippen LogP contribution in [-0.2, 0) is 0 Å². The van der Waals surface area contributed by atoms with Gasteiger partial charge in [0.1, 0.15) is 0 Å². The van der Waals surface area contributed by atoms with Gasteiger partial charge in [0.25, 0.3) is 0 Å². The minimum atomic E-state index is -0.881. The molecule has 3 nitrogen and oxygen atoms in total. The van der Waals surface area contributed by atoms with E-state index in [2.05, 4.69) is 26.1 Å². The van der Waals surface area contributed by atoms with Gasteiger partial charge in [0, 0.05) is 12.2 Å². The van der Waals surface area contributed by atoms with Crippen molar-refractivity contribution in [1.82, 2.24) is 0 Å². The standard InChI is InChI=1S/C14H21NO2/c1-5-14(3,4)9-15-12-7-6-11(13(16)17)8-10(12)2/h6-8,15H,5,9H2,1-4H3,(H,16,17). The molecule has 3 heteroatoms. The van der Waals surface area contributed by atoms with E-state index in [1.807, 2.05) is 13.0 Å². The Morgan fingerprint density at radius 1 is 1.41 bits per heavy atom. The summed E-state index contributed by atoms with van der Waals surface area (Å²) in [5.74, 6) is -0.881. The second-order valence-corrected chi connectivity index (χ2v) is 5.21. The Balaban J connectivity index is 2.77. The maximum atomic E-state index is 10.8. The number of carboxylic acid groups (broad SMARTS) is 1. The summed E-state index contributed by atoms with van der Waals surface area (Å²) in [4.78, 5) is 10.8. The Labute approximate surface area is 103 Å². The monoisotopic (exact) mass is 235 g/mol. The molecule has 1 rings (SSSR count). The highest BCUT2D eigenvalue weighted by molar-refractivity contribution is 5.88. The van der Waals surface area contributed by atoms with E-state index in [4.69, 9.17) is 5.11 Å². The maximum Gasteiger partial charge on any atom is 0.335 e. The van der Waals surface area contributed by atoms with E-state index in [0.717, 1.165) is 24.2 Å². The summed E-state index contributed by atoms with van der Waals surface area (Å²) >= 11 is 0. The number of aromatic carboxylic acids is 1. The third-order valence-electron chi connectivity index (χ3n) is 3.19. The Kier molecular flexibility index (Phi) is 4.16. The quantitative estimate of drug-likeness (QED) is 0.820. The number of rotatable bonds is 5. The molecule has 1 aromatic rings. The van der Waals surface area contributed by atoms with Gasteiger partial charge in [-0.05, 0) is 42.5 Å². The third kappa shape index (κ3) is 3.77. The zero-order chi connectivity index (χ0) is 13.1. The lowest BCUT2D eigenvalue weighted by atomic mass is 9.90. The molecule has 0 fully saturated rings. The van der Waals surface area contributed by atoms with Crippen molar-refractivity contribution in [3.05, 3.63) is 29.3 Å². The van der Waals surface area contributed by atoms with Crippen molar-refractivity contribution in [3.8, 4) is 0 Å². The number of anilines is 1. The smallest absolute Gasteiger partial charge is 0.335 e. The molecule has 0 radical (unpaired) electrons. The van der Waals surface area contributed by atoms with Crippen molar-refractivity contribution in [2.24, 2.45) is 5.41 Å². The molecule has 0 heterocycles. The predicted octanol–water partition coefficient (Wildman–Crippen LogP) is 3.54. The van der Waals surface area contributed by atoms with Crippen LogP contribution in [0.5, 0.6) is 0 Å². The summed E-state index contributed by atoms with van der Waals surface area (Å²) < 4.78 is 0. The van der Waals surface area contributed by atoms with E-state index in [9.17, 15) is 4.79 Å². The zero-order valence-corrected chi connectivity index (χ0v) is 11.0. The molecule has 17 heavy (non-hydrogen) atoms. The van der Waals surface area contributed by atoms with Crippen LogP contribution in [0.25, 0.3) is 0 Å². The van der Waals surface area contributed by atoms with Crippen LogP contribution in [0.4, 0.5) is 5.69 Å². The Bertz CT molecular complexity index is 411. The molecule has 0 saturated heterocycles. The number of nitrogens with one attached hydrogen (secondary N) is 1. The lowest BCUT2D eigenvalue weighted by Gasteiger charge is -2.24. The fourth-order valence-corrected chi connectivity index (χ4v) is 1.45. The van der Waals surface area contributed by atoms with Crippen LogP contribution in [0.2, 0.25) is 0 Å². The first kappa shape index (κ1) is 13.6. The van der Waals surface area contributed by atoms with Crippen molar-refractivity contribution < 1.29 is 9.90 Å². The second kappa shape index (κ2) is 5.21. The number of hydrogen-bond acceptors (Lipinski definition) is 2. The first-order chi connectivity index (χ1) is 7.85. The van der Waals surface area contributed by atoms with Gasteiger partial charge in [-0.3, -0.25) is 0 Å². The molecule has 0 spiro atoms. The SMILES string of the molecule is CCC(C)(C)CNc1ccc(C(=O)O)cc1C. The highest BCUT2D eigenvalue weighted by Crippen LogP contribution is 2.22. The molecule has 0 aliphatic carbocycles. The summed E-state index contributed by atoms with van der Waals surface area (Å²) in [6, 6.07) is 5.17. The van der Waals surface area contributed by atoms with Gasteiger partial charge in [0.15, 0.2) is 0 Å². The van der Waals surface area contributed by atoms with Gasteiger partial charge in [-0.15, -0.1) is 0 Å². The van der Waals surface area contributed by atoms with Crippen molar-refractivity contribution in [1.29, 1.82) is 0 Å². The summed E-state index contributed by atoms with van der Waals surface area (Å²) in [5, 5.41) is 12.3. The van der Waals surface area contributed by atoms with Crippen molar-refractivity contribution in [2.75, 3.05) is 11.9 Å². The molecule has 0 saturated carbocycles. The van der Waals surface area contributed by atoms with Crippen molar-refractivity contribution in [3.63, 3.8) is 0 Å². The second-order valence-electron chi connectivity index (χ2n) is 5.21. The summed E-state index contributed by atoms with van der Waals surface area (Å²) in [7, 11) is 0. The van der Waals surface area contributed by atoms with E-state index in [1.54, 1.807) is 12.1 Å². The molecule has 0 aromatic heterocycles. The zero-order valence-electron chi connectivity index (χ0n) is 11.0. The molecule has 94 valence electrons. The molecular formula is C14H21NO2. The first-order valence-electron chi connectivity index (χ1n) is 5.93. The Morgan fingerprint density at radius 2 is 2.06 bits per heavy atom. The Morgan fingerprint density at radius 3 is 2.53 bits per heavy atom. The van der Waals surface area contributed by atoms with Gasteiger partial charge in [0.05, 0.1) is 5.56 Å². The van der Waals surface area contributed by atoms with E-state index >= 15 is 0 Å². The molecule has 0 aliphatic heterocycles. The van der Waals surface area contributed by atoms with Crippen LogP contribution in [0.1, 0.15) is 43.1 Å². The summed E-state index contributed by atoms with van der Waals surface area (Å²) in [6.45, 7) is 9.40. The van der Waals surface area contributed by atoms with E-state index in [1.165, 1.54) is 0 Å². The minimum Gasteiger partial charge on any atom is -0.478 e. The summed E-state index contributed by atoms with van der Waals surface area (Å²) in [6.07, 6.45) is 1.10. The van der Waals surface area contributed by atoms with Gasteiger partial charge in [-0.25, -0.2) is 4.79 Å². The molecule has 0 unspecified atom stereocenters. The highest BCUT2D eigenvalue weighted by Gasteiger charge is 2.15. The molecular weight excluding hydrogens is 214 g/mol. The van der Waals surface area contributed by atoms with E-state index < -0.39 is 5.97 Å². The lowest BCUT2D eigenvalue weighted by Crippen LogP contribution is -2.22. The van der Waals surface area contributed by atoms with Crippen LogP contribution in [0, 0.1) is 12.3 Å². The van der Waals surface area contributed by atoms with Crippen LogP contribution in [0.15, 0.2) is 18.2 Å². The topological polar surface area (TPSA) is 49.3 Å².